The molecule has 4 nitrogen and oxygen atoms in total. The lowest BCUT2D eigenvalue weighted by atomic mass is 9.47. The second-order valence-corrected chi connectivity index (χ2v) is 10.5. The van der Waals surface area contributed by atoms with Crippen LogP contribution in [0.4, 0.5) is 0 Å². The molecule has 0 amide bonds. The van der Waals surface area contributed by atoms with E-state index in [0.29, 0.717) is 24.2 Å². The minimum absolute atomic E-state index is 0.113. The number of hydrogen-bond donors (Lipinski definition) is 1. The largest absolute Gasteiger partial charge is 0.432 e. The highest BCUT2D eigenvalue weighted by molar-refractivity contribution is 9.09. The average molecular weight is 425 g/mol. The van der Waals surface area contributed by atoms with Gasteiger partial charge in [0.1, 0.15) is 0 Å². The second-order valence-electron chi connectivity index (χ2n) is 9.42. The molecule has 3 fully saturated rings. The van der Waals surface area contributed by atoms with Crippen LogP contribution in [0.15, 0.2) is 11.6 Å². The molecule has 0 aromatic heterocycles. The first kappa shape index (κ1) is 18.7. The molecule has 0 saturated heterocycles. The molecule has 144 valence electrons. The number of hydrogen-bond acceptors (Lipinski definition) is 4. The van der Waals surface area contributed by atoms with Crippen molar-refractivity contribution in [3.63, 3.8) is 0 Å². The molecule has 0 radical (unpaired) electrons. The zero-order valence-corrected chi connectivity index (χ0v) is 17.5. The molecule has 4 aliphatic rings. The SMILES string of the molecule is CC(=O)O[C@@]1(O)[C@H](Br)C[C@H]2[C@@H]3CCC4=CC(=O)CC[C@]4(C)[C@H]3CC[C@@]21C. The van der Waals surface area contributed by atoms with Crippen LogP contribution in [0, 0.1) is 28.6 Å². The van der Waals surface area contributed by atoms with Gasteiger partial charge in [0.25, 0.3) is 0 Å². The molecule has 0 spiro atoms. The second kappa shape index (κ2) is 5.91. The fourth-order valence-corrected chi connectivity index (χ4v) is 7.92. The van der Waals surface area contributed by atoms with E-state index in [1.807, 2.05) is 6.08 Å². The Morgan fingerprint density at radius 1 is 1.23 bits per heavy atom. The smallest absolute Gasteiger partial charge is 0.305 e. The van der Waals surface area contributed by atoms with Gasteiger partial charge in [-0.15, -0.1) is 0 Å². The van der Waals surface area contributed by atoms with Crippen molar-refractivity contribution in [2.24, 2.45) is 28.6 Å². The van der Waals surface area contributed by atoms with Crippen molar-refractivity contribution < 1.29 is 19.4 Å². The normalized spacial score (nSPS) is 50.3. The number of allylic oxidation sites excluding steroid dienone is 1. The third-order valence-corrected chi connectivity index (χ3v) is 9.35. The molecule has 4 aliphatic carbocycles. The van der Waals surface area contributed by atoms with E-state index >= 15 is 0 Å². The van der Waals surface area contributed by atoms with Crippen molar-refractivity contribution in [3.8, 4) is 0 Å². The van der Waals surface area contributed by atoms with E-state index in [4.69, 9.17) is 4.74 Å². The summed E-state index contributed by atoms with van der Waals surface area (Å²) in [5.41, 5.74) is 1.04. The van der Waals surface area contributed by atoms with Gasteiger partial charge in [-0.3, -0.25) is 9.59 Å². The number of rotatable bonds is 1. The van der Waals surface area contributed by atoms with Gasteiger partial charge in [0.05, 0.1) is 4.83 Å². The summed E-state index contributed by atoms with van der Waals surface area (Å²) < 4.78 is 5.52. The fraction of sp³-hybridized carbons (Fsp3) is 0.810. The third-order valence-electron chi connectivity index (χ3n) is 8.35. The van der Waals surface area contributed by atoms with Gasteiger partial charge >= 0.3 is 5.97 Å². The van der Waals surface area contributed by atoms with E-state index in [1.54, 1.807) is 0 Å². The number of carbonyl (C=O) groups is 2. The quantitative estimate of drug-likeness (QED) is 0.390. The fourth-order valence-electron chi connectivity index (χ4n) is 6.90. The van der Waals surface area contributed by atoms with E-state index in [1.165, 1.54) is 12.5 Å². The van der Waals surface area contributed by atoms with Crippen LogP contribution < -0.4 is 0 Å². The maximum absolute atomic E-state index is 11.9. The van der Waals surface area contributed by atoms with Crippen LogP contribution in [-0.2, 0) is 14.3 Å². The van der Waals surface area contributed by atoms with Gasteiger partial charge in [0.2, 0.25) is 5.79 Å². The number of alkyl halides is 1. The van der Waals surface area contributed by atoms with E-state index in [9.17, 15) is 14.7 Å². The van der Waals surface area contributed by atoms with Crippen molar-refractivity contribution in [2.75, 3.05) is 0 Å². The monoisotopic (exact) mass is 424 g/mol. The Morgan fingerprint density at radius 2 is 1.96 bits per heavy atom. The molecule has 1 N–H and O–H groups in total. The molecule has 0 bridgehead atoms. The number of halogens is 1. The first-order valence-corrected chi connectivity index (χ1v) is 10.8. The lowest BCUT2D eigenvalue weighted by molar-refractivity contribution is -0.260. The molecule has 0 aliphatic heterocycles. The molecule has 0 unspecified atom stereocenters. The van der Waals surface area contributed by atoms with Gasteiger partial charge in [0, 0.05) is 18.8 Å². The summed E-state index contributed by atoms with van der Waals surface area (Å²) in [7, 11) is 0. The molecule has 0 heterocycles. The molecular formula is C21H29BrO4. The summed E-state index contributed by atoms with van der Waals surface area (Å²) in [5.74, 6) is -0.198. The predicted molar refractivity (Wildman–Crippen MR) is 102 cm³/mol. The van der Waals surface area contributed by atoms with Crippen molar-refractivity contribution in [2.45, 2.75) is 76.3 Å². The molecule has 26 heavy (non-hydrogen) atoms. The van der Waals surface area contributed by atoms with Gasteiger partial charge in [-0.2, -0.15) is 0 Å². The Balaban J connectivity index is 1.69. The molecule has 0 aromatic rings. The highest BCUT2D eigenvalue weighted by atomic mass is 79.9. The lowest BCUT2D eigenvalue weighted by Crippen LogP contribution is -2.57. The zero-order valence-electron chi connectivity index (χ0n) is 15.9. The van der Waals surface area contributed by atoms with Crippen LogP contribution in [0.25, 0.3) is 0 Å². The number of esters is 1. The molecule has 7 atom stereocenters. The van der Waals surface area contributed by atoms with Crippen LogP contribution in [-0.4, -0.2) is 27.5 Å². The molecular weight excluding hydrogens is 396 g/mol. The van der Waals surface area contributed by atoms with Crippen LogP contribution >= 0.6 is 15.9 Å². The van der Waals surface area contributed by atoms with Crippen molar-refractivity contribution in [1.82, 2.24) is 0 Å². The Bertz CT molecular complexity index is 687. The Hall–Kier alpha value is -0.680. The van der Waals surface area contributed by atoms with Gasteiger partial charge in [-0.1, -0.05) is 35.4 Å². The molecule has 0 aromatic carbocycles. The van der Waals surface area contributed by atoms with Crippen molar-refractivity contribution >= 4 is 27.7 Å². The summed E-state index contributed by atoms with van der Waals surface area (Å²) in [6.07, 6.45) is 8.27. The molecule has 5 heteroatoms. The number of ketones is 1. The Labute approximate surface area is 163 Å². The maximum atomic E-state index is 11.9. The summed E-state index contributed by atoms with van der Waals surface area (Å²) in [6, 6.07) is 0. The van der Waals surface area contributed by atoms with Gasteiger partial charge in [-0.05, 0) is 67.8 Å². The average Bonchev–Trinajstić information content (AvgIpc) is 2.75. The highest BCUT2D eigenvalue weighted by Gasteiger charge is 2.69. The Morgan fingerprint density at radius 3 is 2.65 bits per heavy atom. The van der Waals surface area contributed by atoms with Gasteiger partial charge < -0.3 is 9.84 Å². The molecule has 4 rings (SSSR count). The van der Waals surface area contributed by atoms with Crippen LogP contribution in [0.5, 0.6) is 0 Å². The first-order valence-electron chi connectivity index (χ1n) is 9.92. The van der Waals surface area contributed by atoms with Crippen LogP contribution in [0.2, 0.25) is 0 Å². The van der Waals surface area contributed by atoms with Crippen LogP contribution in [0.1, 0.15) is 65.7 Å². The minimum Gasteiger partial charge on any atom is -0.432 e. The highest BCUT2D eigenvalue weighted by Crippen LogP contribution is 2.68. The van der Waals surface area contributed by atoms with Crippen LogP contribution in [0.3, 0.4) is 0 Å². The number of ether oxygens (including phenoxy) is 1. The third kappa shape index (κ3) is 2.35. The van der Waals surface area contributed by atoms with Crippen molar-refractivity contribution in [1.29, 1.82) is 0 Å². The summed E-state index contributed by atoms with van der Waals surface area (Å²) in [6.45, 7) is 5.83. The zero-order chi connectivity index (χ0) is 18.9. The first-order chi connectivity index (χ1) is 12.1. The van der Waals surface area contributed by atoms with E-state index in [-0.39, 0.29) is 16.0 Å². The summed E-state index contributed by atoms with van der Waals surface area (Å²) in [4.78, 5) is 23.4. The van der Waals surface area contributed by atoms with E-state index in [0.717, 1.165) is 38.5 Å². The molecule has 3 saturated carbocycles. The maximum Gasteiger partial charge on any atom is 0.305 e. The summed E-state index contributed by atoms with van der Waals surface area (Å²) in [5, 5.41) is 11.4. The van der Waals surface area contributed by atoms with Gasteiger partial charge in [-0.25, -0.2) is 0 Å². The standard InChI is InChI=1S/C21H29BrO4/c1-12(23)26-21(25)18(22)11-17-15-5-4-13-10-14(24)6-8-19(13,2)16(15)7-9-20(17,21)3/h10,15-18,25H,4-9,11H2,1-3H3/t15-,16+,17+,18-,19+,20+,21+/m1/s1. The summed E-state index contributed by atoms with van der Waals surface area (Å²) >= 11 is 3.64. The predicted octanol–water partition coefficient (Wildman–Crippen LogP) is 4.14. The van der Waals surface area contributed by atoms with Crippen molar-refractivity contribution in [3.05, 3.63) is 11.6 Å². The van der Waals surface area contributed by atoms with E-state index < -0.39 is 17.2 Å². The number of aliphatic hydroxyl groups is 1. The van der Waals surface area contributed by atoms with E-state index in [2.05, 4.69) is 29.8 Å². The van der Waals surface area contributed by atoms with Gasteiger partial charge in [0.15, 0.2) is 5.78 Å². The number of fused-ring (bicyclic) bond motifs is 5. The topological polar surface area (TPSA) is 63.6 Å². The minimum atomic E-state index is -1.44. The Kier molecular flexibility index (Phi) is 4.24. The number of carbonyl (C=O) groups excluding carboxylic acids is 2. The lowest BCUT2D eigenvalue weighted by Gasteiger charge is -2.58.